The molecule has 0 bridgehead atoms. The number of ether oxygens (including phenoxy) is 2. The lowest BCUT2D eigenvalue weighted by atomic mass is 10.3. The minimum Gasteiger partial charge on any atom is -0.454 e. The molecule has 1 rings (SSSR count). The van der Waals surface area contributed by atoms with E-state index in [2.05, 4.69) is 13.2 Å². The van der Waals surface area contributed by atoms with Gasteiger partial charge in [0.2, 0.25) is 6.79 Å². The summed E-state index contributed by atoms with van der Waals surface area (Å²) in [6.45, 7) is 6.93. The van der Waals surface area contributed by atoms with E-state index < -0.39 is 4.92 Å². The first-order valence-electron chi connectivity index (χ1n) is 3.79. The number of rotatable bonds is 3. The van der Waals surface area contributed by atoms with Crippen LogP contribution in [0.5, 0.6) is 0 Å². The van der Waals surface area contributed by atoms with Gasteiger partial charge in [-0.3, -0.25) is 10.1 Å². The molecule has 0 atom stereocenters. The molecule has 0 aliphatic carbocycles. The number of nitro groups is 1. The van der Waals surface area contributed by atoms with Crippen molar-refractivity contribution < 1.29 is 14.4 Å². The predicted octanol–water partition coefficient (Wildman–Crippen LogP) is 1.73. The largest absolute Gasteiger partial charge is 0.454 e. The highest BCUT2D eigenvalue weighted by atomic mass is 16.7. The molecule has 1 saturated heterocycles. The van der Waals surface area contributed by atoms with Gasteiger partial charge in [0.15, 0.2) is 11.5 Å². The quantitative estimate of drug-likeness (QED) is 0.391. The van der Waals surface area contributed by atoms with E-state index >= 15 is 0 Å². The van der Waals surface area contributed by atoms with Gasteiger partial charge in [0.1, 0.15) is 0 Å². The van der Waals surface area contributed by atoms with Crippen LogP contribution in [0.3, 0.4) is 0 Å². The number of hydrogen-bond acceptors (Lipinski definition) is 4. The average Bonchev–Trinajstić information content (AvgIpc) is 2.51. The van der Waals surface area contributed by atoms with Crippen LogP contribution in [0.1, 0.15) is 0 Å². The molecular weight excluding hydrogens is 186 g/mol. The van der Waals surface area contributed by atoms with Crippen LogP contribution in [0, 0.1) is 10.1 Å². The van der Waals surface area contributed by atoms with Crippen LogP contribution in [0.2, 0.25) is 0 Å². The Bertz CT molecular complexity index is 341. The normalized spacial score (nSPS) is 19.0. The summed E-state index contributed by atoms with van der Waals surface area (Å²) in [6, 6.07) is 0. The van der Waals surface area contributed by atoms with Gasteiger partial charge in [-0.25, -0.2) is 0 Å². The van der Waals surface area contributed by atoms with Gasteiger partial charge >= 0.3 is 0 Å². The van der Waals surface area contributed by atoms with Gasteiger partial charge in [-0.1, -0.05) is 19.2 Å². The van der Waals surface area contributed by atoms with Gasteiger partial charge in [0.05, 0.1) is 11.0 Å². The van der Waals surface area contributed by atoms with Crippen molar-refractivity contribution in [2.75, 3.05) is 6.79 Å². The summed E-state index contributed by atoms with van der Waals surface area (Å²) in [5.74, 6) is 0.566. The molecule has 5 heteroatoms. The summed E-state index contributed by atoms with van der Waals surface area (Å²) < 4.78 is 9.82. The third-order valence-corrected chi connectivity index (χ3v) is 1.50. The van der Waals surface area contributed by atoms with Gasteiger partial charge in [-0.15, -0.1) is 0 Å². The molecule has 74 valence electrons. The first-order valence-corrected chi connectivity index (χ1v) is 3.79. The molecule has 1 aliphatic rings. The molecule has 0 unspecified atom stereocenters. The van der Waals surface area contributed by atoms with Gasteiger partial charge in [-0.2, -0.15) is 0 Å². The van der Waals surface area contributed by atoms with E-state index in [4.69, 9.17) is 9.47 Å². The highest BCUT2D eigenvalue weighted by molar-refractivity contribution is 5.28. The zero-order valence-corrected chi connectivity index (χ0v) is 7.43. The van der Waals surface area contributed by atoms with Crippen molar-refractivity contribution in [2.24, 2.45) is 0 Å². The fraction of sp³-hybridized carbons (Fsp3) is 0.111. The maximum Gasteiger partial charge on any atom is 0.273 e. The molecule has 1 heterocycles. The van der Waals surface area contributed by atoms with E-state index in [1.54, 1.807) is 0 Å². The summed E-state index contributed by atoms with van der Waals surface area (Å²) in [6.07, 6.45) is 3.84. The van der Waals surface area contributed by atoms with Crippen molar-refractivity contribution in [3.05, 3.63) is 58.7 Å². The molecule has 1 fully saturated rings. The molecule has 14 heavy (non-hydrogen) atoms. The van der Waals surface area contributed by atoms with Crippen molar-refractivity contribution in [2.45, 2.75) is 0 Å². The van der Waals surface area contributed by atoms with Crippen LogP contribution in [-0.4, -0.2) is 11.7 Å². The minimum atomic E-state index is -0.538. The Labute approximate surface area is 80.8 Å². The molecule has 0 saturated carbocycles. The highest BCUT2D eigenvalue weighted by Crippen LogP contribution is 2.20. The van der Waals surface area contributed by atoms with Gasteiger partial charge in [0.25, 0.3) is 5.70 Å². The third kappa shape index (κ3) is 2.22. The zero-order chi connectivity index (χ0) is 10.6. The molecule has 0 spiro atoms. The summed E-state index contributed by atoms with van der Waals surface area (Å²) in [5, 5.41) is 10.5. The summed E-state index contributed by atoms with van der Waals surface area (Å²) in [7, 11) is 0. The van der Waals surface area contributed by atoms with E-state index in [0.717, 1.165) is 0 Å². The SMILES string of the molecule is C=C/C=C(\C=C1\OCOC1=C)[N+](=O)[O-]. The molecule has 0 amide bonds. The molecular formula is C9H9NO4. The smallest absolute Gasteiger partial charge is 0.273 e. The summed E-state index contributed by atoms with van der Waals surface area (Å²) in [5.41, 5.74) is -0.123. The van der Waals surface area contributed by atoms with Crippen molar-refractivity contribution in [3.8, 4) is 0 Å². The molecule has 0 aromatic heterocycles. The Kier molecular flexibility index (Phi) is 3.06. The van der Waals surface area contributed by atoms with Crippen LogP contribution in [0.25, 0.3) is 0 Å². The van der Waals surface area contributed by atoms with Crippen LogP contribution in [0.4, 0.5) is 0 Å². The average molecular weight is 195 g/mol. The molecule has 0 N–H and O–H groups in total. The van der Waals surface area contributed by atoms with Crippen LogP contribution in [0.15, 0.2) is 48.6 Å². The first-order chi connectivity index (χ1) is 6.65. The van der Waals surface area contributed by atoms with Crippen LogP contribution in [-0.2, 0) is 9.47 Å². The van der Waals surface area contributed by atoms with E-state index in [9.17, 15) is 10.1 Å². The Morgan fingerprint density at radius 1 is 1.57 bits per heavy atom. The Hall–Kier alpha value is -2.04. The van der Waals surface area contributed by atoms with E-state index in [1.807, 2.05) is 0 Å². The topological polar surface area (TPSA) is 61.6 Å². The maximum absolute atomic E-state index is 10.5. The minimum absolute atomic E-state index is 0.0454. The second kappa shape index (κ2) is 4.27. The lowest BCUT2D eigenvalue weighted by Crippen LogP contribution is -1.96. The van der Waals surface area contributed by atoms with Crippen molar-refractivity contribution in [1.29, 1.82) is 0 Å². The van der Waals surface area contributed by atoms with Crippen LogP contribution < -0.4 is 0 Å². The van der Waals surface area contributed by atoms with Crippen molar-refractivity contribution in [3.63, 3.8) is 0 Å². The van der Waals surface area contributed by atoms with E-state index in [0.29, 0.717) is 5.76 Å². The number of hydrogen-bond donors (Lipinski definition) is 0. The standard InChI is InChI=1S/C9H9NO4/c1-3-4-8(10(11)12)5-9-7(2)13-6-14-9/h3-5H,1-2,6H2/b8-4+,9-5+. The van der Waals surface area contributed by atoms with E-state index in [-0.39, 0.29) is 18.2 Å². The van der Waals surface area contributed by atoms with Crippen molar-refractivity contribution >= 4 is 0 Å². The molecule has 0 radical (unpaired) electrons. The zero-order valence-electron chi connectivity index (χ0n) is 7.43. The maximum atomic E-state index is 10.5. The molecule has 0 aromatic rings. The van der Waals surface area contributed by atoms with E-state index in [1.165, 1.54) is 18.2 Å². The van der Waals surface area contributed by atoms with Gasteiger partial charge in [-0.05, 0) is 0 Å². The monoisotopic (exact) mass is 195 g/mol. The lowest BCUT2D eigenvalue weighted by molar-refractivity contribution is -0.419. The Morgan fingerprint density at radius 3 is 2.71 bits per heavy atom. The predicted molar refractivity (Wildman–Crippen MR) is 49.5 cm³/mol. The third-order valence-electron chi connectivity index (χ3n) is 1.50. The number of nitrogens with zero attached hydrogens (tertiary/aromatic N) is 1. The number of allylic oxidation sites excluding steroid dienone is 3. The fourth-order valence-corrected chi connectivity index (χ4v) is 0.855. The van der Waals surface area contributed by atoms with Crippen molar-refractivity contribution in [1.82, 2.24) is 0 Å². The van der Waals surface area contributed by atoms with Gasteiger partial charge in [0, 0.05) is 6.08 Å². The highest BCUT2D eigenvalue weighted by Gasteiger charge is 2.17. The summed E-state index contributed by atoms with van der Waals surface area (Å²) >= 11 is 0. The summed E-state index contributed by atoms with van der Waals surface area (Å²) in [4.78, 5) is 9.96. The first kappa shape index (κ1) is 10.0. The second-order valence-corrected chi connectivity index (χ2v) is 2.42. The van der Waals surface area contributed by atoms with Crippen LogP contribution >= 0.6 is 0 Å². The Morgan fingerprint density at radius 2 is 2.29 bits per heavy atom. The molecule has 0 aromatic carbocycles. The lowest BCUT2D eigenvalue weighted by Gasteiger charge is -1.93. The Balaban J connectivity index is 2.92. The molecule has 1 aliphatic heterocycles. The fourth-order valence-electron chi connectivity index (χ4n) is 0.855. The molecule has 5 nitrogen and oxygen atoms in total. The van der Waals surface area contributed by atoms with Gasteiger partial charge < -0.3 is 9.47 Å². The second-order valence-electron chi connectivity index (χ2n) is 2.42.